The van der Waals surface area contributed by atoms with Gasteiger partial charge in [-0.15, -0.1) is 13.1 Å². The quantitative estimate of drug-likeness (QED) is 0.213. The van der Waals surface area contributed by atoms with Crippen molar-refractivity contribution in [3.8, 4) is 11.3 Å². The smallest absolute Gasteiger partial charge is 0.416 e. The molecule has 0 bridgehead atoms. The molecule has 0 amide bonds. The SMILES string of the molecule is Fc1cc2[nH]cc(CC[N-]CC3CC3)c2cc1F.O=C(O)c1nccnc1-c1cccc(C(F)(F)F)c1. The number of hydrogen-bond acceptors (Lipinski definition) is 3. The number of halogens is 5. The Kier molecular flexibility index (Phi) is 7.82. The summed E-state index contributed by atoms with van der Waals surface area (Å²) in [5.74, 6) is -2.15. The maximum atomic E-state index is 13.2. The highest BCUT2D eigenvalue weighted by molar-refractivity contribution is 5.92. The topological polar surface area (TPSA) is 93.0 Å². The number of nitrogens with zero attached hydrogens (tertiary/aromatic N) is 3. The highest BCUT2D eigenvalue weighted by Gasteiger charge is 2.31. The molecule has 37 heavy (non-hydrogen) atoms. The van der Waals surface area contributed by atoms with Crippen molar-refractivity contribution in [2.24, 2.45) is 5.92 Å². The van der Waals surface area contributed by atoms with Crippen LogP contribution in [0.1, 0.15) is 34.5 Å². The molecule has 0 radical (unpaired) electrons. The lowest BCUT2D eigenvalue weighted by Crippen LogP contribution is -2.07. The fourth-order valence-electron chi connectivity index (χ4n) is 3.70. The second-order valence-electron chi connectivity index (χ2n) is 8.59. The fourth-order valence-corrected chi connectivity index (χ4v) is 3.70. The third-order valence-corrected chi connectivity index (χ3v) is 5.80. The summed E-state index contributed by atoms with van der Waals surface area (Å²) < 4.78 is 64.0. The maximum Gasteiger partial charge on any atom is 0.416 e. The summed E-state index contributed by atoms with van der Waals surface area (Å²) in [7, 11) is 0. The minimum atomic E-state index is -4.50. The first kappa shape index (κ1) is 26.2. The molecule has 0 aliphatic heterocycles. The first-order valence-corrected chi connectivity index (χ1v) is 11.4. The number of nitrogens with one attached hydrogen (secondary N) is 1. The second-order valence-corrected chi connectivity index (χ2v) is 8.59. The predicted octanol–water partition coefficient (Wildman–Crippen LogP) is 6.63. The minimum absolute atomic E-state index is 0.0559. The highest BCUT2D eigenvalue weighted by Crippen LogP contribution is 2.32. The molecular weight excluding hydrogens is 495 g/mol. The van der Waals surface area contributed by atoms with Gasteiger partial charge in [-0.25, -0.2) is 18.6 Å². The lowest BCUT2D eigenvalue weighted by atomic mass is 10.1. The molecule has 0 saturated heterocycles. The van der Waals surface area contributed by atoms with Gasteiger partial charge in [-0.1, -0.05) is 30.9 Å². The average Bonchev–Trinajstić information content (AvgIpc) is 3.63. The fraction of sp³-hybridized carbons (Fsp3) is 0.269. The number of aromatic carboxylic acids is 1. The molecule has 4 aromatic rings. The van der Waals surface area contributed by atoms with Crippen molar-refractivity contribution in [2.75, 3.05) is 13.1 Å². The molecule has 194 valence electrons. The van der Waals surface area contributed by atoms with Crippen LogP contribution in [0.25, 0.3) is 27.5 Å². The van der Waals surface area contributed by atoms with Crippen molar-refractivity contribution in [1.82, 2.24) is 15.0 Å². The summed E-state index contributed by atoms with van der Waals surface area (Å²) in [4.78, 5) is 21.3. The van der Waals surface area contributed by atoms with Gasteiger partial charge in [-0.05, 0) is 30.2 Å². The van der Waals surface area contributed by atoms with E-state index in [1.54, 1.807) is 0 Å². The Labute approximate surface area is 208 Å². The molecule has 2 aromatic carbocycles. The van der Waals surface area contributed by atoms with Crippen LogP contribution in [0.5, 0.6) is 0 Å². The molecule has 5 rings (SSSR count). The number of carboxylic acids is 1. The Balaban J connectivity index is 0.000000173. The van der Waals surface area contributed by atoms with Gasteiger partial charge in [0.2, 0.25) is 0 Å². The van der Waals surface area contributed by atoms with Crippen LogP contribution in [0, 0.1) is 17.6 Å². The Morgan fingerprint density at radius 2 is 1.81 bits per heavy atom. The zero-order valence-electron chi connectivity index (χ0n) is 19.4. The largest absolute Gasteiger partial charge is 0.662 e. The second kappa shape index (κ2) is 11.0. The van der Waals surface area contributed by atoms with E-state index in [0.717, 1.165) is 48.5 Å². The van der Waals surface area contributed by atoms with Gasteiger partial charge in [0.1, 0.15) is 5.69 Å². The van der Waals surface area contributed by atoms with Crippen LogP contribution < -0.4 is 0 Å². The van der Waals surface area contributed by atoms with E-state index in [0.29, 0.717) is 5.52 Å². The molecule has 1 aliphatic carbocycles. The van der Waals surface area contributed by atoms with Gasteiger partial charge in [-0.2, -0.15) is 13.2 Å². The Bertz CT molecular complexity index is 1400. The van der Waals surface area contributed by atoms with Crippen molar-refractivity contribution >= 4 is 16.9 Å². The first-order valence-electron chi connectivity index (χ1n) is 11.4. The molecule has 6 nitrogen and oxygen atoms in total. The Morgan fingerprint density at radius 1 is 1.08 bits per heavy atom. The molecule has 2 heterocycles. The van der Waals surface area contributed by atoms with Gasteiger partial charge >= 0.3 is 12.1 Å². The lowest BCUT2D eigenvalue weighted by molar-refractivity contribution is -0.137. The number of carbonyl (C=O) groups is 1. The Hall–Kier alpha value is -3.86. The molecule has 1 saturated carbocycles. The van der Waals surface area contributed by atoms with E-state index in [1.807, 2.05) is 6.20 Å². The minimum Gasteiger partial charge on any atom is -0.662 e. The van der Waals surface area contributed by atoms with E-state index in [9.17, 15) is 26.7 Å². The van der Waals surface area contributed by atoms with E-state index in [1.165, 1.54) is 49.5 Å². The summed E-state index contributed by atoms with van der Waals surface area (Å²) in [5, 5.41) is 14.2. The monoisotopic (exact) mass is 517 g/mol. The number of fused-ring (bicyclic) bond motifs is 1. The predicted molar refractivity (Wildman–Crippen MR) is 127 cm³/mol. The zero-order valence-corrected chi connectivity index (χ0v) is 19.4. The third-order valence-electron chi connectivity index (χ3n) is 5.80. The number of aromatic nitrogens is 3. The third kappa shape index (κ3) is 6.67. The summed E-state index contributed by atoms with van der Waals surface area (Å²) >= 11 is 0. The molecule has 2 N–H and O–H groups in total. The van der Waals surface area contributed by atoms with Gasteiger partial charge in [-0.3, -0.25) is 4.98 Å². The van der Waals surface area contributed by atoms with Crippen molar-refractivity contribution < 1.29 is 31.9 Å². The molecule has 0 atom stereocenters. The van der Waals surface area contributed by atoms with Crippen molar-refractivity contribution in [3.05, 3.63) is 88.8 Å². The van der Waals surface area contributed by atoms with Gasteiger partial charge in [0.15, 0.2) is 17.3 Å². The number of rotatable bonds is 7. The molecule has 0 spiro atoms. The molecular formula is C26H22F5N4O2-. The van der Waals surface area contributed by atoms with Crippen LogP contribution in [0.4, 0.5) is 22.0 Å². The van der Waals surface area contributed by atoms with Crippen LogP contribution in [-0.4, -0.2) is 39.1 Å². The number of carboxylic acid groups (broad SMARTS) is 1. The zero-order chi connectivity index (χ0) is 26.6. The van der Waals surface area contributed by atoms with Crippen molar-refractivity contribution in [3.63, 3.8) is 0 Å². The van der Waals surface area contributed by atoms with Gasteiger partial charge in [0, 0.05) is 41.1 Å². The Morgan fingerprint density at radius 3 is 2.51 bits per heavy atom. The van der Waals surface area contributed by atoms with E-state index >= 15 is 0 Å². The van der Waals surface area contributed by atoms with Gasteiger partial charge in [0.25, 0.3) is 0 Å². The van der Waals surface area contributed by atoms with Crippen molar-refractivity contribution in [1.29, 1.82) is 0 Å². The number of H-pyrrole nitrogens is 1. The molecule has 2 aromatic heterocycles. The maximum absolute atomic E-state index is 13.2. The number of benzene rings is 2. The van der Waals surface area contributed by atoms with Crippen molar-refractivity contribution in [2.45, 2.75) is 25.4 Å². The average molecular weight is 517 g/mol. The summed E-state index contributed by atoms with van der Waals surface area (Å²) in [6.07, 6.45) is 3.10. The van der Waals surface area contributed by atoms with Gasteiger partial charge in [0.05, 0.1) is 5.56 Å². The normalized spacial score (nSPS) is 13.3. The molecule has 1 aliphatic rings. The number of alkyl halides is 3. The number of aromatic amines is 1. The summed E-state index contributed by atoms with van der Waals surface area (Å²) in [6.45, 7) is 1.70. The molecule has 0 unspecified atom stereocenters. The number of hydrogen-bond donors (Lipinski definition) is 2. The van der Waals surface area contributed by atoms with E-state index < -0.39 is 29.3 Å². The molecule has 11 heteroatoms. The van der Waals surface area contributed by atoms with Crippen LogP contribution in [0.15, 0.2) is 55.0 Å². The van der Waals surface area contributed by atoms with Crippen LogP contribution in [0.2, 0.25) is 0 Å². The summed E-state index contributed by atoms with van der Waals surface area (Å²) in [6, 6.07) is 6.76. The van der Waals surface area contributed by atoms with E-state index in [-0.39, 0.29) is 17.0 Å². The highest BCUT2D eigenvalue weighted by atomic mass is 19.4. The van der Waals surface area contributed by atoms with Crippen LogP contribution >= 0.6 is 0 Å². The first-order chi connectivity index (χ1) is 17.6. The lowest BCUT2D eigenvalue weighted by Gasteiger charge is -2.17. The standard InChI is InChI=1S/C14H15F2N2.C12H7F3N2O2/c15-12-5-11-10(3-4-17-7-9-1-2-9)8-18-14(11)6-13(12)16;13-12(14,15)8-3-1-2-7(6-8)9-10(11(18)19)17-5-4-16-9/h5-6,8-9,18H,1-4,7H2;1-6H,(H,18,19)/q-1;. The van der Waals surface area contributed by atoms with Gasteiger partial charge < -0.3 is 15.4 Å². The van der Waals surface area contributed by atoms with E-state index in [4.69, 9.17) is 5.11 Å². The van der Waals surface area contributed by atoms with E-state index in [2.05, 4.69) is 20.3 Å². The van der Waals surface area contributed by atoms with Crippen LogP contribution in [0.3, 0.4) is 0 Å². The molecule has 1 fully saturated rings. The summed E-state index contributed by atoms with van der Waals surface area (Å²) in [5.41, 5.74) is 0.352. The van der Waals surface area contributed by atoms with Crippen LogP contribution in [-0.2, 0) is 12.6 Å².